The van der Waals surface area contributed by atoms with E-state index < -0.39 is 5.91 Å². The molecule has 104 valence electrons. The number of carbonyl (C=O) groups excluding carboxylic acids is 1. The normalized spacial score (nSPS) is 10.5. The number of nitrogens with zero attached hydrogens (tertiary/aromatic N) is 1. The quantitative estimate of drug-likeness (QED) is 0.797. The average molecular weight is 278 g/mol. The maximum Gasteiger partial charge on any atom is 0.248 e. The molecule has 4 nitrogen and oxygen atoms in total. The summed E-state index contributed by atoms with van der Waals surface area (Å²) in [6.45, 7) is 0. The molecule has 1 amide bonds. The molecule has 21 heavy (non-hydrogen) atoms. The Morgan fingerprint density at radius 2 is 1.76 bits per heavy atom. The predicted molar refractivity (Wildman–Crippen MR) is 79.7 cm³/mol. The number of benzene rings is 2. The lowest BCUT2D eigenvalue weighted by atomic mass is 10.0. The van der Waals surface area contributed by atoms with E-state index in [4.69, 9.17) is 10.3 Å². The van der Waals surface area contributed by atoms with Gasteiger partial charge in [0.25, 0.3) is 0 Å². The number of aromatic nitrogens is 1. The molecule has 1 aromatic heterocycles. The van der Waals surface area contributed by atoms with E-state index in [1.807, 2.05) is 48.5 Å². The maximum atomic E-state index is 11.4. The number of hydrogen-bond donors (Lipinski definition) is 1. The number of rotatable bonds is 4. The Bertz CT molecular complexity index is 763. The second kappa shape index (κ2) is 5.63. The number of nitrogens with two attached hydrogens (primary N) is 1. The van der Waals surface area contributed by atoms with E-state index in [-0.39, 0.29) is 0 Å². The van der Waals surface area contributed by atoms with Gasteiger partial charge in [0.05, 0.1) is 5.69 Å². The molecule has 2 N–H and O–H groups in total. The molecular weight excluding hydrogens is 264 g/mol. The van der Waals surface area contributed by atoms with Crippen LogP contribution < -0.4 is 5.73 Å². The summed E-state index contributed by atoms with van der Waals surface area (Å²) in [4.78, 5) is 11.4. The van der Waals surface area contributed by atoms with Crippen molar-refractivity contribution in [1.82, 2.24) is 5.16 Å². The van der Waals surface area contributed by atoms with Crippen LogP contribution in [0, 0.1) is 0 Å². The fourth-order valence-corrected chi connectivity index (χ4v) is 2.24. The Morgan fingerprint density at radius 3 is 2.52 bits per heavy atom. The highest BCUT2D eigenvalue weighted by Crippen LogP contribution is 2.21. The van der Waals surface area contributed by atoms with Crippen molar-refractivity contribution in [3.8, 4) is 11.3 Å². The second-order valence-corrected chi connectivity index (χ2v) is 4.75. The van der Waals surface area contributed by atoms with Crippen molar-refractivity contribution < 1.29 is 9.32 Å². The molecule has 0 unspecified atom stereocenters. The molecule has 3 aromatic rings. The van der Waals surface area contributed by atoms with E-state index in [0.717, 1.165) is 16.8 Å². The summed E-state index contributed by atoms with van der Waals surface area (Å²) < 4.78 is 5.36. The van der Waals surface area contributed by atoms with Crippen LogP contribution in [0.3, 0.4) is 0 Å². The predicted octanol–water partition coefficient (Wildman–Crippen LogP) is 3.03. The van der Waals surface area contributed by atoms with Crippen LogP contribution in [-0.4, -0.2) is 11.1 Å². The van der Waals surface area contributed by atoms with Crippen molar-refractivity contribution >= 4 is 5.91 Å². The van der Waals surface area contributed by atoms with Crippen molar-refractivity contribution in [2.24, 2.45) is 5.73 Å². The van der Waals surface area contributed by atoms with Gasteiger partial charge in [-0.1, -0.05) is 53.7 Å². The van der Waals surface area contributed by atoms with Crippen molar-refractivity contribution in [3.63, 3.8) is 0 Å². The topological polar surface area (TPSA) is 69.1 Å². The van der Waals surface area contributed by atoms with Gasteiger partial charge < -0.3 is 10.3 Å². The van der Waals surface area contributed by atoms with Crippen LogP contribution in [-0.2, 0) is 6.42 Å². The van der Waals surface area contributed by atoms with Gasteiger partial charge >= 0.3 is 0 Å². The SMILES string of the molecule is NC(=O)c1ccccc1Cc1cc(-c2ccccc2)on1. The zero-order valence-electron chi connectivity index (χ0n) is 11.3. The van der Waals surface area contributed by atoms with Crippen LogP contribution in [0.2, 0.25) is 0 Å². The number of carbonyl (C=O) groups is 1. The molecule has 2 aromatic carbocycles. The summed E-state index contributed by atoms with van der Waals surface area (Å²) in [5, 5.41) is 4.06. The van der Waals surface area contributed by atoms with E-state index in [1.165, 1.54) is 0 Å². The summed E-state index contributed by atoms with van der Waals surface area (Å²) in [7, 11) is 0. The number of amides is 1. The lowest BCUT2D eigenvalue weighted by Gasteiger charge is -2.03. The fraction of sp³-hybridized carbons (Fsp3) is 0.0588. The fourth-order valence-electron chi connectivity index (χ4n) is 2.24. The molecule has 0 bridgehead atoms. The van der Waals surface area contributed by atoms with Crippen molar-refractivity contribution in [2.75, 3.05) is 0 Å². The molecule has 0 spiro atoms. The van der Waals surface area contributed by atoms with Gasteiger partial charge in [0.15, 0.2) is 5.76 Å². The molecule has 4 heteroatoms. The summed E-state index contributed by atoms with van der Waals surface area (Å²) >= 11 is 0. The molecule has 0 aliphatic heterocycles. The van der Waals surface area contributed by atoms with E-state index in [0.29, 0.717) is 17.7 Å². The third-order valence-electron chi connectivity index (χ3n) is 3.27. The highest BCUT2D eigenvalue weighted by atomic mass is 16.5. The van der Waals surface area contributed by atoms with Crippen LogP contribution in [0.1, 0.15) is 21.6 Å². The minimum absolute atomic E-state index is 0.433. The first-order chi connectivity index (χ1) is 10.2. The highest BCUT2D eigenvalue weighted by molar-refractivity contribution is 5.94. The lowest BCUT2D eigenvalue weighted by Crippen LogP contribution is -2.13. The Morgan fingerprint density at radius 1 is 1.05 bits per heavy atom. The molecule has 0 fully saturated rings. The Hall–Kier alpha value is -2.88. The molecule has 0 saturated carbocycles. The minimum atomic E-state index is -0.433. The summed E-state index contributed by atoms with van der Waals surface area (Å²) in [6.07, 6.45) is 0.509. The Balaban J connectivity index is 1.87. The number of hydrogen-bond acceptors (Lipinski definition) is 3. The van der Waals surface area contributed by atoms with Gasteiger partial charge in [-0.15, -0.1) is 0 Å². The lowest BCUT2D eigenvalue weighted by molar-refractivity contribution is 0.0999. The van der Waals surface area contributed by atoms with Crippen LogP contribution in [0.4, 0.5) is 0 Å². The summed E-state index contributed by atoms with van der Waals surface area (Å²) in [5.74, 6) is 0.277. The Kier molecular flexibility index (Phi) is 3.51. The zero-order valence-corrected chi connectivity index (χ0v) is 11.3. The van der Waals surface area contributed by atoms with Gasteiger partial charge in [0, 0.05) is 23.6 Å². The van der Waals surface area contributed by atoms with Crippen LogP contribution in [0.5, 0.6) is 0 Å². The molecule has 1 heterocycles. The molecule has 0 aliphatic rings. The van der Waals surface area contributed by atoms with Gasteiger partial charge in [0.1, 0.15) is 0 Å². The van der Waals surface area contributed by atoms with Crippen LogP contribution in [0.15, 0.2) is 65.2 Å². The summed E-state index contributed by atoms with van der Waals surface area (Å²) in [6, 6.07) is 18.9. The van der Waals surface area contributed by atoms with Gasteiger partial charge in [-0.2, -0.15) is 0 Å². The van der Waals surface area contributed by atoms with E-state index >= 15 is 0 Å². The van der Waals surface area contributed by atoms with Gasteiger partial charge in [-0.25, -0.2) is 0 Å². The van der Waals surface area contributed by atoms with Crippen molar-refractivity contribution in [1.29, 1.82) is 0 Å². The smallest absolute Gasteiger partial charge is 0.248 e. The van der Waals surface area contributed by atoms with Gasteiger partial charge in [-0.05, 0) is 11.6 Å². The first-order valence-corrected chi connectivity index (χ1v) is 6.63. The molecule has 0 atom stereocenters. The van der Waals surface area contributed by atoms with Gasteiger partial charge in [-0.3, -0.25) is 4.79 Å². The second-order valence-electron chi connectivity index (χ2n) is 4.75. The standard InChI is InChI=1S/C17H14N2O2/c18-17(20)15-9-5-4-8-13(15)10-14-11-16(21-19-14)12-6-2-1-3-7-12/h1-9,11H,10H2,(H2,18,20). The van der Waals surface area contributed by atoms with E-state index in [9.17, 15) is 4.79 Å². The van der Waals surface area contributed by atoms with Gasteiger partial charge in [0.2, 0.25) is 5.91 Å². The monoisotopic (exact) mass is 278 g/mol. The third kappa shape index (κ3) is 2.84. The molecule has 0 aliphatic carbocycles. The first kappa shape index (κ1) is 13.1. The number of primary amides is 1. The molecular formula is C17H14N2O2. The van der Waals surface area contributed by atoms with Crippen molar-refractivity contribution in [2.45, 2.75) is 6.42 Å². The van der Waals surface area contributed by atoms with E-state index in [2.05, 4.69) is 5.16 Å². The van der Waals surface area contributed by atoms with E-state index in [1.54, 1.807) is 12.1 Å². The van der Waals surface area contributed by atoms with Crippen molar-refractivity contribution in [3.05, 3.63) is 77.5 Å². The minimum Gasteiger partial charge on any atom is -0.366 e. The largest absolute Gasteiger partial charge is 0.366 e. The molecule has 0 saturated heterocycles. The average Bonchev–Trinajstić information content (AvgIpc) is 2.97. The third-order valence-corrected chi connectivity index (χ3v) is 3.27. The van der Waals surface area contributed by atoms with Crippen LogP contribution in [0.25, 0.3) is 11.3 Å². The summed E-state index contributed by atoms with van der Waals surface area (Å²) in [5.41, 5.74) is 8.48. The highest BCUT2D eigenvalue weighted by Gasteiger charge is 2.11. The Labute approximate surface area is 122 Å². The maximum absolute atomic E-state index is 11.4. The molecule has 0 radical (unpaired) electrons. The first-order valence-electron chi connectivity index (χ1n) is 6.63. The molecule has 3 rings (SSSR count). The van der Waals surface area contributed by atoms with Crippen LogP contribution >= 0.6 is 0 Å². The zero-order chi connectivity index (χ0) is 14.7.